The lowest BCUT2D eigenvalue weighted by Gasteiger charge is -2.51. The van der Waals surface area contributed by atoms with E-state index in [2.05, 4.69) is 60.3 Å². The van der Waals surface area contributed by atoms with Gasteiger partial charge in [0.2, 0.25) is 8.32 Å². The summed E-state index contributed by atoms with van der Waals surface area (Å²) in [6.07, 6.45) is 3.07. The average Bonchev–Trinajstić information content (AvgIpc) is 2.85. The van der Waals surface area contributed by atoms with Gasteiger partial charge in [0.1, 0.15) is 6.23 Å². The predicted molar refractivity (Wildman–Crippen MR) is 89.5 cm³/mol. The fourth-order valence-electron chi connectivity index (χ4n) is 5.27. The summed E-state index contributed by atoms with van der Waals surface area (Å²) in [7, 11) is -1.87. The molecule has 20 heavy (non-hydrogen) atoms. The zero-order chi connectivity index (χ0) is 15.3. The van der Waals surface area contributed by atoms with Crippen molar-refractivity contribution >= 4 is 8.32 Å². The van der Waals surface area contributed by atoms with Gasteiger partial charge in [0.15, 0.2) is 0 Å². The fourth-order valence-corrected chi connectivity index (χ4v) is 12.8. The molecule has 2 fully saturated rings. The van der Waals surface area contributed by atoms with Crippen molar-refractivity contribution in [2.75, 3.05) is 13.1 Å². The van der Waals surface area contributed by atoms with Crippen molar-refractivity contribution in [3.63, 3.8) is 0 Å². The van der Waals surface area contributed by atoms with E-state index in [0.29, 0.717) is 17.7 Å². The van der Waals surface area contributed by atoms with Gasteiger partial charge in [-0.15, -0.1) is 0 Å². The standard InChI is InChI=1S/C17H35NOSi/c1-13-14(2)20(16(3,4)5,17(6,7)8)19-15(13)18-11-9-10-12-18/h13-15H,9-12H2,1-8H3. The Morgan fingerprint density at radius 2 is 1.35 bits per heavy atom. The summed E-state index contributed by atoms with van der Waals surface area (Å²) in [4.78, 5) is 2.62. The van der Waals surface area contributed by atoms with E-state index in [0.717, 1.165) is 0 Å². The highest BCUT2D eigenvalue weighted by Gasteiger charge is 2.65. The molecular formula is C17H35NOSi. The van der Waals surface area contributed by atoms with Gasteiger partial charge in [-0.25, -0.2) is 0 Å². The molecule has 2 nitrogen and oxygen atoms in total. The van der Waals surface area contributed by atoms with E-state index in [4.69, 9.17) is 4.43 Å². The molecule has 2 aliphatic heterocycles. The zero-order valence-corrected chi connectivity index (χ0v) is 15.9. The summed E-state index contributed by atoms with van der Waals surface area (Å²) in [6.45, 7) is 21.9. The lowest BCUT2D eigenvalue weighted by molar-refractivity contribution is 0.0175. The average molecular weight is 298 g/mol. The largest absolute Gasteiger partial charge is 0.400 e. The van der Waals surface area contributed by atoms with Crippen molar-refractivity contribution in [3.8, 4) is 0 Å². The van der Waals surface area contributed by atoms with Crippen molar-refractivity contribution in [3.05, 3.63) is 0 Å². The Hall–Kier alpha value is 0.137. The molecule has 2 rings (SSSR count). The van der Waals surface area contributed by atoms with Crippen molar-refractivity contribution in [2.45, 2.75) is 90.1 Å². The lowest BCUT2D eigenvalue weighted by Crippen LogP contribution is -2.55. The summed E-state index contributed by atoms with van der Waals surface area (Å²) in [6, 6.07) is 0. The van der Waals surface area contributed by atoms with Crippen molar-refractivity contribution in [1.29, 1.82) is 0 Å². The second-order valence-electron chi connectivity index (χ2n) is 9.13. The zero-order valence-electron chi connectivity index (χ0n) is 14.9. The Balaban J connectivity index is 2.39. The quantitative estimate of drug-likeness (QED) is 0.631. The summed E-state index contributed by atoms with van der Waals surface area (Å²) >= 11 is 0. The molecule has 2 saturated heterocycles. The van der Waals surface area contributed by atoms with E-state index in [9.17, 15) is 0 Å². The molecule has 118 valence electrons. The van der Waals surface area contributed by atoms with E-state index >= 15 is 0 Å². The normalized spacial score (nSPS) is 35.7. The van der Waals surface area contributed by atoms with Gasteiger partial charge in [0, 0.05) is 13.1 Å². The number of nitrogens with zero attached hydrogens (tertiary/aromatic N) is 1. The van der Waals surface area contributed by atoms with Crippen LogP contribution in [0.3, 0.4) is 0 Å². The van der Waals surface area contributed by atoms with E-state index in [-0.39, 0.29) is 10.1 Å². The van der Waals surface area contributed by atoms with E-state index in [1.807, 2.05) is 0 Å². The minimum atomic E-state index is -1.87. The van der Waals surface area contributed by atoms with Crippen LogP contribution in [0.1, 0.15) is 68.2 Å². The highest BCUT2D eigenvalue weighted by molar-refractivity contribution is 6.81. The number of likely N-dealkylation sites (tertiary alicyclic amines) is 1. The lowest BCUT2D eigenvalue weighted by atomic mass is 10.1. The minimum Gasteiger partial charge on any atom is -0.400 e. The van der Waals surface area contributed by atoms with Crippen LogP contribution in [0, 0.1) is 5.92 Å². The van der Waals surface area contributed by atoms with E-state index < -0.39 is 8.32 Å². The van der Waals surface area contributed by atoms with Gasteiger partial charge in [-0.05, 0) is 34.4 Å². The van der Waals surface area contributed by atoms with Crippen molar-refractivity contribution < 1.29 is 4.43 Å². The first-order valence-electron chi connectivity index (χ1n) is 8.44. The molecule has 2 aliphatic rings. The topological polar surface area (TPSA) is 12.5 Å². The second-order valence-corrected chi connectivity index (χ2v) is 14.8. The van der Waals surface area contributed by atoms with E-state index in [1.165, 1.54) is 25.9 Å². The molecule has 0 amide bonds. The van der Waals surface area contributed by atoms with Gasteiger partial charge < -0.3 is 4.43 Å². The molecule has 0 aliphatic carbocycles. The smallest absolute Gasteiger partial charge is 0.208 e. The third-order valence-corrected chi connectivity index (χ3v) is 12.8. The van der Waals surface area contributed by atoms with E-state index in [1.54, 1.807) is 0 Å². The summed E-state index contributed by atoms with van der Waals surface area (Å²) in [5.41, 5.74) is 0.716. The van der Waals surface area contributed by atoms with Gasteiger partial charge >= 0.3 is 0 Å². The Kier molecular flexibility index (Phi) is 4.21. The Morgan fingerprint density at radius 1 is 0.900 bits per heavy atom. The first-order chi connectivity index (χ1) is 9.02. The Bertz CT molecular complexity index is 335. The van der Waals surface area contributed by atoms with Crippen LogP contribution < -0.4 is 0 Å². The van der Waals surface area contributed by atoms with Gasteiger partial charge in [-0.2, -0.15) is 0 Å². The SMILES string of the molecule is CC1C(N2CCCC2)O[Si](C(C)(C)C)(C(C)(C)C)C1C. The summed E-state index contributed by atoms with van der Waals surface area (Å²) < 4.78 is 7.05. The Morgan fingerprint density at radius 3 is 1.70 bits per heavy atom. The maximum absolute atomic E-state index is 7.05. The third-order valence-electron chi connectivity index (χ3n) is 5.92. The number of rotatable bonds is 1. The molecule has 3 atom stereocenters. The van der Waals surface area contributed by atoms with Crippen LogP contribution >= 0.6 is 0 Å². The van der Waals surface area contributed by atoms with Crippen LogP contribution in [0.25, 0.3) is 0 Å². The maximum atomic E-state index is 7.05. The van der Waals surface area contributed by atoms with Crippen molar-refractivity contribution in [2.24, 2.45) is 5.92 Å². The van der Waals surface area contributed by atoms with Gasteiger partial charge in [-0.3, -0.25) is 4.90 Å². The highest BCUT2D eigenvalue weighted by Crippen LogP contribution is 2.63. The van der Waals surface area contributed by atoms with Gasteiger partial charge in [-0.1, -0.05) is 55.4 Å². The summed E-state index contributed by atoms with van der Waals surface area (Å²) in [5, 5.41) is 0.570. The van der Waals surface area contributed by atoms with Crippen LogP contribution in [0.4, 0.5) is 0 Å². The molecule has 2 heterocycles. The summed E-state index contributed by atoms with van der Waals surface area (Å²) in [5.74, 6) is 0.665. The van der Waals surface area contributed by atoms with Crippen LogP contribution in [-0.4, -0.2) is 32.5 Å². The first kappa shape index (κ1) is 16.5. The Labute approximate surface area is 127 Å². The van der Waals surface area contributed by atoms with Crippen LogP contribution in [0.5, 0.6) is 0 Å². The van der Waals surface area contributed by atoms with Crippen LogP contribution in [0.15, 0.2) is 0 Å². The molecule has 0 bridgehead atoms. The fraction of sp³-hybridized carbons (Fsp3) is 1.00. The molecule has 3 unspecified atom stereocenters. The minimum absolute atomic E-state index is 0.285. The van der Waals surface area contributed by atoms with Gasteiger partial charge in [0.25, 0.3) is 0 Å². The van der Waals surface area contributed by atoms with Crippen molar-refractivity contribution in [1.82, 2.24) is 4.90 Å². The predicted octanol–water partition coefficient (Wildman–Crippen LogP) is 5.01. The molecule has 0 saturated carbocycles. The molecule has 0 aromatic heterocycles. The molecule has 0 spiro atoms. The number of hydrogen-bond acceptors (Lipinski definition) is 2. The molecule has 0 radical (unpaired) electrons. The molecule has 3 heteroatoms. The van der Waals surface area contributed by atoms with Crippen LogP contribution in [0.2, 0.25) is 15.6 Å². The third kappa shape index (κ3) is 2.30. The number of hydrogen-bond donors (Lipinski definition) is 0. The maximum Gasteiger partial charge on any atom is 0.208 e. The second kappa shape index (κ2) is 5.10. The monoisotopic (exact) mass is 297 g/mol. The highest BCUT2D eigenvalue weighted by atomic mass is 28.4. The van der Waals surface area contributed by atoms with Gasteiger partial charge in [0.05, 0.1) is 0 Å². The molecule has 0 aromatic carbocycles. The van der Waals surface area contributed by atoms with Crippen LogP contribution in [-0.2, 0) is 4.43 Å². The molecule has 0 aromatic rings. The molecule has 0 N–H and O–H groups in total. The first-order valence-corrected chi connectivity index (χ1v) is 10.4. The molecular weight excluding hydrogens is 262 g/mol.